The van der Waals surface area contributed by atoms with Gasteiger partial charge in [-0.05, 0) is 30.0 Å². The van der Waals surface area contributed by atoms with Crippen LogP contribution in [0.5, 0.6) is 6.01 Å². The van der Waals surface area contributed by atoms with Crippen LogP contribution >= 0.6 is 11.8 Å². The lowest BCUT2D eigenvalue weighted by molar-refractivity contribution is 0.374. The summed E-state index contributed by atoms with van der Waals surface area (Å²) in [5, 5.41) is 2.94. The van der Waals surface area contributed by atoms with E-state index in [9.17, 15) is 8.78 Å². The Bertz CT molecular complexity index is 575. The Balaban J connectivity index is 2.34. The summed E-state index contributed by atoms with van der Waals surface area (Å²) in [6.07, 6.45) is 0. The van der Waals surface area contributed by atoms with E-state index in [4.69, 9.17) is 4.74 Å². The smallest absolute Gasteiger partial charge is 0.321 e. The first-order chi connectivity index (χ1) is 9.12. The Morgan fingerprint density at radius 3 is 2.68 bits per heavy atom. The fourth-order valence-corrected chi connectivity index (χ4v) is 2.03. The number of anilines is 1. The van der Waals surface area contributed by atoms with Gasteiger partial charge in [-0.1, -0.05) is 0 Å². The highest BCUT2D eigenvalue weighted by Crippen LogP contribution is 2.29. The number of aromatic nitrogens is 3. The highest BCUT2D eigenvalue weighted by Gasteiger charge is 2.11. The number of benzene rings is 1. The first-order valence-corrected chi connectivity index (χ1v) is 6.04. The molecule has 1 N–H and O–H groups in total. The van der Waals surface area contributed by atoms with Crippen LogP contribution in [0, 0.1) is 11.6 Å². The number of rotatable bonds is 4. The summed E-state index contributed by atoms with van der Waals surface area (Å²) in [6, 6.07) is 3.27. The van der Waals surface area contributed by atoms with E-state index in [-0.39, 0.29) is 22.0 Å². The molecule has 100 valence electrons. The van der Waals surface area contributed by atoms with E-state index in [0.717, 1.165) is 30.0 Å². The minimum atomic E-state index is -0.545. The molecule has 1 aromatic carbocycles. The van der Waals surface area contributed by atoms with Gasteiger partial charge in [-0.15, -0.1) is 0 Å². The average molecular weight is 284 g/mol. The van der Waals surface area contributed by atoms with Crippen molar-refractivity contribution in [3.05, 3.63) is 29.8 Å². The molecule has 0 unspecified atom stereocenters. The minimum absolute atomic E-state index is 0.0929. The van der Waals surface area contributed by atoms with Gasteiger partial charge in [-0.25, -0.2) is 8.78 Å². The number of nitrogens with one attached hydrogen (secondary N) is 1. The quantitative estimate of drug-likeness (QED) is 0.930. The van der Waals surface area contributed by atoms with E-state index in [2.05, 4.69) is 20.3 Å². The lowest BCUT2D eigenvalue weighted by Gasteiger charge is -2.05. The number of hydrogen-bond donors (Lipinski definition) is 1. The van der Waals surface area contributed by atoms with Gasteiger partial charge in [0.25, 0.3) is 0 Å². The summed E-state index contributed by atoms with van der Waals surface area (Å²) in [5.41, 5.74) is 0. The van der Waals surface area contributed by atoms with Crippen molar-refractivity contribution in [2.75, 3.05) is 19.5 Å². The van der Waals surface area contributed by atoms with E-state index < -0.39 is 11.6 Å². The van der Waals surface area contributed by atoms with Gasteiger partial charge in [0, 0.05) is 7.05 Å². The third-order valence-corrected chi connectivity index (χ3v) is 2.99. The molecule has 0 radical (unpaired) electrons. The summed E-state index contributed by atoms with van der Waals surface area (Å²) < 4.78 is 31.5. The van der Waals surface area contributed by atoms with Crippen molar-refractivity contribution in [3.63, 3.8) is 0 Å². The van der Waals surface area contributed by atoms with Gasteiger partial charge in [-0.3, -0.25) is 0 Å². The van der Waals surface area contributed by atoms with Crippen molar-refractivity contribution in [1.82, 2.24) is 15.0 Å². The van der Waals surface area contributed by atoms with Crippen molar-refractivity contribution >= 4 is 17.7 Å². The molecule has 0 bridgehead atoms. The number of methoxy groups -OCH3 is 1. The molecular weight excluding hydrogens is 274 g/mol. The fraction of sp³-hybridized carbons (Fsp3) is 0.182. The lowest BCUT2D eigenvalue weighted by atomic mass is 10.3. The van der Waals surface area contributed by atoms with Gasteiger partial charge in [0.2, 0.25) is 11.1 Å². The Labute approximate surface area is 112 Å². The molecule has 1 heterocycles. The molecule has 0 atom stereocenters. The molecule has 0 aliphatic rings. The van der Waals surface area contributed by atoms with Crippen molar-refractivity contribution < 1.29 is 13.5 Å². The van der Waals surface area contributed by atoms with Gasteiger partial charge in [0.05, 0.1) is 12.0 Å². The van der Waals surface area contributed by atoms with Crippen molar-refractivity contribution in [1.29, 1.82) is 0 Å². The van der Waals surface area contributed by atoms with E-state index >= 15 is 0 Å². The van der Waals surface area contributed by atoms with Crippen LogP contribution in [0.25, 0.3) is 0 Å². The molecule has 0 amide bonds. The predicted molar refractivity (Wildman–Crippen MR) is 66.4 cm³/mol. The fourth-order valence-electron chi connectivity index (χ4n) is 1.24. The predicted octanol–water partition coefficient (Wildman–Crippen LogP) is 2.35. The van der Waals surface area contributed by atoms with Crippen LogP contribution in [-0.4, -0.2) is 29.1 Å². The maximum atomic E-state index is 13.5. The molecular formula is C11H10F2N4OS. The zero-order chi connectivity index (χ0) is 13.8. The van der Waals surface area contributed by atoms with E-state index in [0.29, 0.717) is 0 Å². The van der Waals surface area contributed by atoms with Gasteiger partial charge >= 0.3 is 6.01 Å². The lowest BCUT2D eigenvalue weighted by Crippen LogP contribution is -2.02. The van der Waals surface area contributed by atoms with Gasteiger partial charge < -0.3 is 10.1 Å². The van der Waals surface area contributed by atoms with Crippen molar-refractivity contribution in [3.8, 4) is 6.01 Å². The molecule has 0 spiro atoms. The second-order valence-electron chi connectivity index (χ2n) is 3.36. The Morgan fingerprint density at radius 1 is 1.21 bits per heavy atom. The van der Waals surface area contributed by atoms with Gasteiger partial charge in [0.1, 0.15) is 11.6 Å². The minimum Gasteiger partial charge on any atom is -0.467 e. The third kappa shape index (κ3) is 3.28. The van der Waals surface area contributed by atoms with E-state index in [1.54, 1.807) is 7.05 Å². The maximum absolute atomic E-state index is 13.5. The normalized spacial score (nSPS) is 10.3. The first-order valence-electron chi connectivity index (χ1n) is 5.23. The number of hydrogen-bond acceptors (Lipinski definition) is 6. The van der Waals surface area contributed by atoms with Crippen LogP contribution in [-0.2, 0) is 0 Å². The van der Waals surface area contributed by atoms with E-state index in [1.165, 1.54) is 7.11 Å². The monoisotopic (exact) mass is 284 g/mol. The molecule has 0 saturated carbocycles. The van der Waals surface area contributed by atoms with Crippen LogP contribution in [0.4, 0.5) is 14.7 Å². The van der Waals surface area contributed by atoms with Crippen LogP contribution in [0.2, 0.25) is 0 Å². The number of nitrogens with zero attached hydrogens (tertiary/aromatic N) is 3. The Morgan fingerprint density at radius 2 is 2.00 bits per heavy atom. The molecule has 19 heavy (non-hydrogen) atoms. The second kappa shape index (κ2) is 5.79. The van der Waals surface area contributed by atoms with E-state index in [1.807, 2.05) is 0 Å². The molecule has 2 aromatic rings. The van der Waals surface area contributed by atoms with Crippen molar-refractivity contribution in [2.45, 2.75) is 10.1 Å². The summed E-state index contributed by atoms with van der Waals surface area (Å²) >= 11 is 0.890. The largest absolute Gasteiger partial charge is 0.467 e. The summed E-state index contributed by atoms with van der Waals surface area (Å²) in [7, 11) is 3.04. The molecule has 0 fully saturated rings. The molecule has 0 aliphatic carbocycles. The SMILES string of the molecule is CNc1nc(OC)nc(Sc2cc(F)ccc2F)n1. The Kier molecular flexibility index (Phi) is 4.10. The second-order valence-corrected chi connectivity index (χ2v) is 4.36. The van der Waals surface area contributed by atoms with Gasteiger partial charge in [-0.2, -0.15) is 15.0 Å². The third-order valence-electron chi connectivity index (χ3n) is 2.10. The average Bonchev–Trinajstić information content (AvgIpc) is 2.42. The molecule has 0 saturated heterocycles. The van der Waals surface area contributed by atoms with Crippen LogP contribution in [0.3, 0.4) is 0 Å². The topological polar surface area (TPSA) is 59.9 Å². The summed E-state index contributed by atoms with van der Waals surface area (Å²) in [6.45, 7) is 0. The highest BCUT2D eigenvalue weighted by molar-refractivity contribution is 7.99. The van der Waals surface area contributed by atoms with Crippen LogP contribution in [0.1, 0.15) is 0 Å². The Hall–Kier alpha value is -1.96. The molecule has 5 nitrogen and oxygen atoms in total. The van der Waals surface area contributed by atoms with Crippen LogP contribution < -0.4 is 10.1 Å². The molecule has 1 aromatic heterocycles. The van der Waals surface area contributed by atoms with Crippen molar-refractivity contribution in [2.24, 2.45) is 0 Å². The molecule has 8 heteroatoms. The zero-order valence-corrected chi connectivity index (χ0v) is 11.0. The molecule has 0 aliphatic heterocycles. The number of ether oxygens (including phenoxy) is 1. The highest BCUT2D eigenvalue weighted by atomic mass is 32.2. The summed E-state index contributed by atoms with van der Waals surface area (Å²) in [4.78, 5) is 12.0. The summed E-state index contributed by atoms with van der Waals surface area (Å²) in [5.74, 6) is -0.790. The molecule has 2 rings (SSSR count). The number of halogens is 2. The zero-order valence-electron chi connectivity index (χ0n) is 10.1. The van der Waals surface area contributed by atoms with Crippen LogP contribution in [0.15, 0.2) is 28.3 Å². The standard InChI is InChI=1S/C11H10F2N4OS/c1-14-9-15-10(18-2)17-11(16-9)19-8-5-6(12)3-4-7(8)13/h3-5H,1-2H3,(H,14,15,16,17). The van der Waals surface area contributed by atoms with Gasteiger partial charge in [0.15, 0.2) is 0 Å². The maximum Gasteiger partial charge on any atom is 0.321 e. The first kappa shape index (κ1) is 13.5.